The molecule has 1 aliphatic heterocycles. The molecule has 19 heavy (non-hydrogen) atoms. The van der Waals surface area contributed by atoms with E-state index in [9.17, 15) is 10.1 Å². The van der Waals surface area contributed by atoms with E-state index >= 15 is 0 Å². The molecule has 0 amide bonds. The summed E-state index contributed by atoms with van der Waals surface area (Å²) in [6.45, 7) is 0. The van der Waals surface area contributed by atoms with Crippen molar-refractivity contribution in [1.82, 2.24) is 0 Å². The summed E-state index contributed by atoms with van der Waals surface area (Å²) in [5.41, 5.74) is 3.53. The lowest BCUT2D eigenvalue weighted by Crippen LogP contribution is -2.17. The first kappa shape index (κ1) is 11.5. The van der Waals surface area contributed by atoms with Gasteiger partial charge in [-0.05, 0) is 11.6 Å². The maximum absolute atomic E-state index is 11.3. The van der Waals surface area contributed by atoms with E-state index in [0.717, 1.165) is 16.8 Å². The van der Waals surface area contributed by atoms with E-state index in [-0.39, 0.29) is 10.6 Å². The maximum Gasteiger partial charge on any atom is 0.274 e. The Morgan fingerprint density at radius 3 is 2.42 bits per heavy atom. The summed E-state index contributed by atoms with van der Waals surface area (Å²) in [4.78, 5) is 11.0. The summed E-state index contributed by atoms with van der Waals surface area (Å²) in [7, 11) is 0. The lowest BCUT2D eigenvalue weighted by molar-refractivity contribution is -0.426. The van der Waals surface area contributed by atoms with Crippen molar-refractivity contribution >= 4 is 11.4 Å². The topological polar surface area (TPSA) is 55.2 Å². The molecule has 0 atom stereocenters. The molecule has 0 spiro atoms. The normalized spacial score (nSPS) is 13.7. The molecule has 0 unspecified atom stereocenters. The number of nitrogens with one attached hydrogen (secondary N) is 1. The van der Waals surface area contributed by atoms with Crippen LogP contribution in [0.5, 0.6) is 0 Å². The first-order valence-electron chi connectivity index (χ1n) is 6.03. The van der Waals surface area contributed by atoms with Crippen molar-refractivity contribution in [3.05, 3.63) is 81.5 Å². The van der Waals surface area contributed by atoms with Crippen molar-refractivity contribution in [2.75, 3.05) is 5.32 Å². The third-order valence-corrected chi connectivity index (χ3v) is 3.21. The standard InChI is InChI=1S/C15H12N2O2/c18-17(19)14-10-12-8-4-5-9-13(12)16-15(14)11-6-2-1-3-7-11/h1-9,16H,10H2. The number of hydrogen-bond acceptors (Lipinski definition) is 3. The van der Waals surface area contributed by atoms with Crippen LogP contribution < -0.4 is 5.32 Å². The summed E-state index contributed by atoms with van der Waals surface area (Å²) in [5.74, 6) is 0. The minimum atomic E-state index is -0.300. The molecule has 4 nitrogen and oxygen atoms in total. The Balaban J connectivity index is 2.12. The van der Waals surface area contributed by atoms with Crippen LogP contribution in [0.2, 0.25) is 0 Å². The van der Waals surface area contributed by atoms with E-state index in [1.54, 1.807) is 0 Å². The third-order valence-electron chi connectivity index (χ3n) is 3.21. The van der Waals surface area contributed by atoms with Gasteiger partial charge in [0.25, 0.3) is 5.70 Å². The van der Waals surface area contributed by atoms with Gasteiger partial charge in [-0.15, -0.1) is 0 Å². The molecule has 0 saturated carbocycles. The van der Waals surface area contributed by atoms with Crippen molar-refractivity contribution in [3.8, 4) is 0 Å². The highest BCUT2D eigenvalue weighted by Gasteiger charge is 2.26. The minimum absolute atomic E-state index is 0.213. The number of hydrogen-bond donors (Lipinski definition) is 1. The molecule has 0 bridgehead atoms. The van der Waals surface area contributed by atoms with Gasteiger partial charge in [0.05, 0.1) is 11.3 Å². The van der Waals surface area contributed by atoms with Crippen LogP contribution in [0, 0.1) is 10.1 Å². The van der Waals surface area contributed by atoms with Gasteiger partial charge >= 0.3 is 0 Å². The van der Waals surface area contributed by atoms with Crippen LogP contribution in [0.15, 0.2) is 60.3 Å². The zero-order chi connectivity index (χ0) is 13.2. The number of rotatable bonds is 2. The lowest BCUT2D eigenvalue weighted by atomic mass is 9.99. The van der Waals surface area contributed by atoms with E-state index in [0.29, 0.717) is 12.1 Å². The molecule has 1 N–H and O–H groups in total. The maximum atomic E-state index is 11.3. The number of para-hydroxylation sites is 1. The number of nitro groups is 1. The molecule has 3 rings (SSSR count). The molecule has 94 valence electrons. The molecular formula is C15H12N2O2. The van der Waals surface area contributed by atoms with Gasteiger partial charge < -0.3 is 5.32 Å². The van der Waals surface area contributed by atoms with Crippen molar-refractivity contribution in [3.63, 3.8) is 0 Å². The highest BCUT2D eigenvalue weighted by atomic mass is 16.6. The van der Waals surface area contributed by atoms with Crippen LogP contribution in [-0.2, 0) is 6.42 Å². The van der Waals surface area contributed by atoms with E-state index in [2.05, 4.69) is 5.32 Å². The fourth-order valence-electron chi connectivity index (χ4n) is 2.27. The number of allylic oxidation sites excluding steroid dienone is 1. The van der Waals surface area contributed by atoms with Crippen LogP contribution in [0.1, 0.15) is 11.1 Å². The Labute approximate surface area is 110 Å². The van der Waals surface area contributed by atoms with Crippen LogP contribution in [0.3, 0.4) is 0 Å². The average Bonchev–Trinajstić information content (AvgIpc) is 2.46. The predicted molar refractivity (Wildman–Crippen MR) is 74.1 cm³/mol. The van der Waals surface area contributed by atoms with Gasteiger partial charge in [0, 0.05) is 11.3 Å². The second-order valence-corrected chi connectivity index (χ2v) is 4.40. The van der Waals surface area contributed by atoms with Gasteiger partial charge in [0.2, 0.25) is 0 Å². The smallest absolute Gasteiger partial charge is 0.274 e. The number of fused-ring (bicyclic) bond motifs is 1. The van der Waals surface area contributed by atoms with Crippen LogP contribution in [0.4, 0.5) is 5.69 Å². The molecule has 2 aromatic rings. The second kappa shape index (κ2) is 4.57. The van der Waals surface area contributed by atoms with Gasteiger partial charge in [0.1, 0.15) is 5.70 Å². The molecule has 0 fully saturated rings. The molecule has 0 saturated heterocycles. The van der Waals surface area contributed by atoms with Crippen molar-refractivity contribution in [2.45, 2.75) is 6.42 Å². The average molecular weight is 252 g/mol. The summed E-state index contributed by atoms with van der Waals surface area (Å²) in [5, 5.41) is 14.4. The molecule has 1 heterocycles. The van der Waals surface area contributed by atoms with Crippen molar-refractivity contribution < 1.29 is 4.92 Å². The highest BCUT2D eigenvalue weighted by molar-refractivity contribution is 5.82. The Kier molecular flexibility index (Phi) is 2.76. The van der Waals surface area contributed by atoms with Gasteiger partial charge in [-0.3, -0.25) is 10.1 Å². The first-order chi connectivity index (χ1) is 9.25. The Bertz CT molecular complexity index is 663. The minimum Gasteiger partial charge on any atom is -0.349 e. The van der Waals surface area contributed by atoms with Gasteiger partial charge in [-0.1, -0.05) is 48.5 Å². The van der Waals surface area contributed by atoms with E-state index in [1.165, 1.54) is 0 Å². The Hall–Kier alpha value is -2.62. The molecule has 1 aliphatic rings. The third kappa shape index (κ3) is 2.08. The molecule has 0 aromatic heterocycles. The van der Waals surface area contributed by atoms with E-state index in [4.69, 9.17) is 0 Å². The largest absolute Gasteiger partial charge is 0.349 e. The van der Waals surface area contributed by atoms with Crippen LogP contribution >= 0.6 is 0 Å². The van der Waals surface area contributed by atoms with E-state index in [1.807, 2.05) is 54.6 Å². The summed E-state index contributed by atoms with van der Waals surface area (Å²) in [6.07, 6.45) is 0.348. The second-order valence-electron chi connectivity index (χ2n) is 4.40. The summed E-state index contributed by atoms with van der Waals surface area (Å²) in [6, 6.07) is 17.1. The Morgan fingerprint density at radius 2 is 1.68 bits per heavy atom. The van der Waals surface area contributed by atoms with E-state index < -0.39 is 0 Å². The molecule has 4 heteroatoms. The van der Waals surface area contributed by atoms with Crippen molar-refractivity contribution in [2.24, 2.45) is 0 Å². The van der Waals surface area contributed by atoms with Gasteiger partial charge in [0.15, 0.2) is 0 Å². The van der Waals surface area contributed by atoms with Gasteiger partial charge in [-0.2, -0.15) is 0 Å². The first-order valence-corrected chi connectivity index (χ1v) is 6.03. The molecular weight excluding hydrogens is 240 g/mol. The number of nitrogens with zero attached hydrogens (tertiary/aromatic N) is 1. The molecule has 2 aromatic carbocycles. The quantitative estimate of drug-likeness (QED) is 0.659. The monoisotopic (exact) mass is 252 g/mol. The lowest BCUT2D eigenvalue weighted by Gasteiger charge is -2.20. The number of benzene rings is 2. The van der Waals surface area contributed by atoms with Crippen LogP contribution in [0.25, 0.3) is 5.70 Å². The summed E-state index contributed by atoms with van der Waals surface area (Å²) < 4.78 is 0. The molecule has 0 aliphatic carbocycles. The fourth-order valence-corrected chi connectivity index (χ4v) is 2.27. The Morgan fingerprint density at radius 1 is 1.00 bits per heavy atom. The highest BCUT2D eigenvalue weighted by Crippen LogP contribution is 2.32. The predicted octanol–water partition coefficient (Wildman–Crippen LogP) is 3.30. The fraction of sp³-hybridized carbons (Fsp3) is 0.0667. The van der Waals surface area contributed by atoms with Crippen LogP contribution in [-0.4, -0.2) is 4.92 Å². The zero-order valence-corrected chi connectivity index (χ0v) is 10.2. The summed E-state index contributed by atoms with van der Waals surface area (Å²) >= 11 is 0. The zero-order valence-electron chi connectivity index (χ0n) is 10.2. The molecule has 0 radical (unpaired) electrons. The SMILES string of the molecule is O=[N+]([O-])C1=C(c2ccccc2)Nc2ccccc2C1. The van der Waals surface area contributed by atoms with Crippen molar-refractivity contribution in [1.29, 1.82) is 0 Å². The number of anilines is 1. The van der Waals surface area contributed by atoms with Gasteiger partial charge in [-0.25, -0.2) is 0 Å².